The minimum absolute atomic E-state index is 0.0579. The van der Waals surface area contributed by atoms with Crippen LogP contribution < -0.4 is 15.2 Å². The van der Waals surface area contributed by atoms with Gasteiger partial charge >= 0.3 is 6.03 Å². The highest BCUT2D eigenvalue weighted by Crippen LogP contribution is 2.46. The molecule has 4 rings (SSSR count). The van der Waals surface area contributed by atoms with Gasteiger partial charge in [-0.1, -0.05) is 19.1 Å². The number of aliphatic hydroxyl groups is 1. The lowest BCUT2D eigenvalue weighted by atomic mass is 9.82. The molecule has 1 atom stereocenters. The minimum atomic E-state index is -3.78. The standard InChI is InChI=1S/C21H29N3O4S/c1-12(13-4-5-13)16-8-6-14-7-9-17(14)19(16)23-20(25)24-29(22,27)18-10-15(11-28-18)21(2,3)26/h6,8,10-13,26,29H,4-5,7,9H2,1-3H3,(H4,22,23,24,25,27)/t12-/m1/s1. The van der Waals surface area contributed by atoms with E-state index in [4.69, 9.17) is 9.56 Å². The molecule has 158 valence electrons. The van der Waals surface area contributed by atoms with Crippen LogP contribution in [0.4, 0.5) is 10.5 Å². The van der Waals surface area contributed by atoms with E-state index in [9.17, 15) is 14.1 Å². The summed E-state index contributed by atoms with van der Waals surface area (Å²) in [5, 5.41) is 18.8. The fourth-order valence-electron chi connectivity index (χ4n) is 3.86. The number of amides is 2. The van der Waals surface area contributed by atoms with Crippen LogP contribution in [0.15, 0.2) is 34.0 Å². The number of fused-ring (bicyclic) bond motifs is 1. The van der Waals surface area contributed by atoms with Crippen LogP contribution in [-0.2, 0) is 28.7 Å². The first kappa shape index (κ1) is 20.1. The maximum absolute atomic E-state index is 12.9. The van der Waals surface area contributed by atoms with Crippen LogP contribution in [0.2, 0.25) is 0 Å². The highest BCUT2D eigenvalue weighted by Gasteiger charge is 2.33. The van der Waals surface area contributed by atoms with Crippen molar-refractivity contribution in [2.45, 2.75) is 63.1 Å². The number of carbonyl (C=O) groups excluding carboxylic acids is 1. The van der Waals surface area contributed by atoms with Crippen molar-refractivity contribution in [3.63, 3.8) is 0 Å². The van der Waals surface area contributed by atoms with Crippen molar-refractivity contribution in [2.75, 3.05) is 5.32 Å². The Kier molecular flexibility index (Phi) is 4.83. The van der Waals surface area contributed by atoms with E-state index < -0.39 is 21.9 Å². The Morgan fingerprint density at radius 3 is 2.62 bits per heavy atom. The Hall–Kier alpha value is -2.16. The number of hydrogen-bond acceptors (Lipinski definition) is 4. The van der Waals surface area contributed by atoms with Gasteiger partial charge in [0.2, 0.25) is 0 Å². The van der Waals surface area contributed by atoms with Crippen LogP contribution in [0.5, 0.6) is 0 Å². The molecule has 2 aliphatic carbocycles. The number of aryl methyl sites for hydroxylation is 1. The molecule has 1 aromatic heterocycles. The zero-order chi connectivity index (χ0) is 21.0. The summed E-state index contributed by atoms with van der Waals surface area (Å²) >= 11 is 0. The number of hydrogen-bond donors (Lipinski definition) is 5. The lowest BCUT2D eigenvalue weighted by Crippen LogP contribution is -2.45. The van der Waals surface area contributed by atoms with Crippen LogP contribution in [0.3, 0.4) is 0 Å². The second-order valence-electron chi connectivity index (χ2n) is 8.75. The summed E-state index contributed by atoms with van der Waals surface area (Å²) in [4.78, 5) is 12.7. The molecule has 0 bridgehead atoms. The van der Waals surface area contributed by atoms with Gasteiger partial charge in [0.25, 0.3) is 0 Å². The van der Waals surface area contributed by atoms with Gasteiger partial charge < -0.3 is 14.8 Å². The number of rotatable bonds is 6. The number of furan rings is 1. The number of benzene rings is 1. The second kappa shape index (κ2) is 6.97. The summed E-state index contributed by atoms with van der Waals surface area (Å²) in [6.07, 6.45) is 5.65. The van der Waals surface area contributed by atoms with Crippen molar-refractivity contribution >= 4 is 22.0 Å². The number of urea groups is 1. The van der Waals surface area contributed by atoms with Gasteiger partial charge in [-0.3, -0.25) is 9.86 Å². The second-order valence-corrected chi connectivity index (χ2v) is 10.7. The molecule has 8 heteroatoms. The number of thiol groups is 1. The SMILES string of the molecule is C[C@@H](c1ccc2c(c1NC(=O)N[SH](N)(=O)c1cc(C(C)(C)O)co1)CC2)C1CC1. The third kappa shape index (κ3) is 3.97. The van der Waals surface area contributed by atoms with E-state index in [0.717, 1.165) is 29.7 Å². The van der Waals surface area contributed by atoms with Crippen molar-refractivity contribution in [3.8, 4) is 0 Å². The number of nitrogens with two attached hydrogens (primary N) is 1. The normalized spacial score (nSPS) is 17.8. The Labute approximate surface area is 171 Å². The molecule has 7 nitrogen and oxygen atoms in total. The maximum atomic E-state index is 12.9. The van der Waals surface area contributed by atoms with Crippen molar-refractivity contribution < 1.29 is 18.5 Å². The average Bonchev–Trinajstić information content (AvgIpc) is 3.29. The van der Waals surface area contributed by atoms with E-state index in [0.29, 0.717) is 17.4 Å². The molecule has 0 saturated heterocycles. The Balaban J connectivity index is 1.53. The van der Waals surface area contributed by atoms with E-state index in [1.165, 1.54) is 30.7 Å². The van der Waals surface area contributed by atoms with Crippen molar-refractivity contribution in [2.24, 2.45) is 11.1 Å². The number of carbonyl (C=O) groups is 1. The monoisotopic (exact) mass is 419 g/mol. The van der Waals surface area contributed by atoms with Crippen LogP contribution in [0, 0.1) is 5.92 Å². The summed E-state index contributed by atoms with van der Waals surface area (Å²) < 4.78 is 20.5. The molecule has 2 amide bonds. The molecule has 2 aliphatic rings. The summed E-state index contributed by atoms with van der Waals surface area (Å²) in [7, 11) is -3.78. The summed E-state index contributed by atoms with van der Waals surface area (Å²) in [6, 6.07) is 5.03. The van der Waals surface area contributed by atoms with Gasteiger partial charge in [-0.2, -0.15) is 0 Å². The van der Waals surface area contributed by atoms with Gasteiger partial charge in [-0.05, 0) is 68.1 Å². The quantitative estimate of drug-likeness (QED) is 0.462. The lowest BCUT2D eigenvalue weighted by molar-refractivity contribution is 0.0779. The summed E-state index contributed by atoms with van der Waals surface area (Å²) in [5.41, 5.74) is 3.61. The highest BCUT2D eigenvalue weighted by atomic mass is 32.3. The number of anilines is 1. The Morgan fingerprint density at radius 2 is 2.07 bits per heavy atom. The summed E-state index contributed by atoms with van der Waals surface area (Å²) in [6.45, 7) is 5.35. The molecular weight excluding hydrogens is 390 g/mol. The van der Waals surface area contributed by atoms with Gasteiger partial charge in [0.15, 0.2) is 5.09 Å². The van der Waals surface area contributed by atoms with Crippen LogP contribution in [0.1, 0.15) is 61.8 Å². The zero-order valence-corrected chi connectivity index (χ0v) is 17.9. The van der Waals surface area contributed by atoms with Crippen molar-refractivity contribution in [3.05, 3.63) is 46.7 Å². The smallest absolute Gasteiger partial charge is 0.330 e. The van der Waals surface area contributed by atoms with Gasteiger partial charge in [-0.15, -0.1) is 0 Å². The first-order valence-electron chi connectivity index (χ1n) is 10.0. The molecule has 1 fully saturated rings. The molecule has 0 unspecified atom stereocenters. The first-order chi connectivity index (χ1) is 13.6. The van der Waals surface area contributed by atoms with E-state index >= 15 is 0 Å². The molecule has 0 aliphatic heterocycles. The molecule has 1 aromatic carbocycles. The molecule has 0 radical (unpaired) electrons. The largest absolute Gasteiger partial charge is 0.454 e. The maximum Gasteiger partial charge on any atom is 0.330 e. The molecule has 29 heavy (non-hydrogen) atoms. The predicted molar refractivity (Wildman–Crippen MR) is 113 cm³/mol. The summed E-state index contributed by atoms with van der Waals surface area (Å²) in [5.74, 6) is 1.01. The lowest BCUT2D eigenvalue weighted by Gasteiger charge is -2.28. The van der Waals surface area contributed by atoms with Crippen molar-refractivity contribution in [1.82, 2.24) is 4.72 Å². The zero-order valence-electron chi connectivity index (χ0n) is 17.0. The molecule has 0 spiro atoms. The van der Waals surface area contributed by atoms with E-state index in [1.54, 1.807) is 13.8 Å². The topological polar surface area (TPSA) is 118 Å². The van der Waals surface area contributed by atoms with E-state index in [2.05, 4.69) is 29.1 Å². The van der Waals surface area contributed by atoms with Crippen LogP contribution in [0.25, 0.3) is 0 Å². The van der Waals surface area contributed by atoms with Gasteiger partial charge in [0, 0.05) is 17.3 Å². The Bertz CT molecular complexity index is 1000. The average molecular weight is 420 g/mol. The fourth-order valence-corrected chi connectivity index (χ4v) is 4.86. The van der Waals surface area contributed by atoms with Gasteiger partial charge in [0.1, 0.15) is 0 Å². The van der Waals surface area contributed by atoms with E-state index in [1.807, 2.05) is 0 Å². The molecule has 2 aromatic rings. The molecule has 5 N–H and O–H groups in total. The predicted octanol–water partition coefficient (Wildman–Crippen LogP) is 3.11. The molecule has 1 saturated carbocycles. The van der Waals surface area contributed by atoms with Crippen LogP contribution in [-0.4, -0.2) is 15.3 Å². The van der Waals surface area contributed by atoms with Crippen LogP contribution >= 0.6 is 0 Å². The van der Waals surface area contributed by atoms with Gasteiger partial charge in [-0.25, -0.2) is 9.00 Å². The van der Waals surface area contributed by atoms with E-state index in [-0.39, 0.29) is 5.09 Å². The fraction of sp³-hybridized carbons (Fsp3) is 0.476. The third-order valence-electron chi connectivity index (χ3n) is 6.03. The van der Waals surface area contributed by atoms with Crippen molar-refractivity contribution in [1.29, 1.82) is 0 Å². The Morgan fingerprint density at radius 1 is 1.34 bits per heavy atom. The first-order valence-corrected chi connectivity index (χ1v) is 11.8. The van der Waals surface area contributed by atoms with Gasteiger partial charge in [0.05, 0.1) is 22.2 Å². The molecule has 1 heterocycles. The number of nitrogens with one attached hydrogen (secondary N) is 2. The molecular formula is C21H29N3O4S. The third-order valence-corrected chi connectivity index (χ3v) is 7.46. The minimum Gasteiger partial charge on any atom is -0.454 e. The highest BCUT2D eigenvalue weighted by molar-refractivity contribution is 7.99.